The summed E-state index contributed by atoms with van der Waals surface area (Å²) in [4.78, 5) is 1.24. The average molecular weight is 377 g/mol. The number of benzene rings is 2. The highest BCUT2D eigenvalue weighted by atomic mass is 32.1. The Morgan fingerprint density at radius 2 is 1.41 bits per heavy atom. The van der Waals surface area contributed by atoms with Gasteiger partial charge in [0.1, 0.15) is 6.61 Å². The van der Waals surface area contributed by atoms with Crippen LogP contribution in [-0.2, 0) is 6.42 Å². The van der Waals surface area contributed by atoms with Crippen LogP contribution in [0.1, 0.15) is 38.7 Å². The zero-order chi connectivity index (χ0) is 18.9. The number of thiophene rings is 1. The maximum Gasteiger partial charge on any atom is 0.174 e. The minimum absolute atomic E-state index is 0.646. The van der Waals surface area contributed by atoms with Crippen LogP contribution in [0.2, 0.25) is 0 Å². The molecule has 0 aliphatic heterocycles. The molecule has 27 heavy (non-hydrogen) atoms. The first kappa shape index (κ1) is 19.4. The smallest absolute Gasteiger partial charge is 0.174 e. The summed E-state index contributed by atoms with van der Waals surface area (Å²) >= 11 is 1.70. The molecule has 140 valence electrons. The Bertz CT molecular complexity index is 841. The van der Waals surface area contributed by atoms with Crippen molar-refractivity contribution < 1.29 is 4.74 Å². The molecule has 0 atom stereocenters. The van der Waals surface area contributed by atoms with Crippen molar-refractivity contribution >= 4 is 11.3 Å². The molecule has 0 bridgehead atoms. The molecule has 3 rings (SSSR count). The predicted molar refractivity (Wildman–Crippen MR) is 119 cm³/mol. The highest BCUT2D eigenvalue weighted by Crippen LogP contribution is 2.34. The number of hydrogen-bond donors (Lipinski definition) is 0. The van der Waals surface area contributed by atoms with Gasteiger partial charge >= 0.3 is 0 Å². The molecule has 0 radical (unpaired) electrons. The first-order chi connectivity index (χ1) is 13.3. The monoisotopic (exact) mass is 376 g/mol. The Balaban J connectivity index is 1.63. The van der Waals surface area contributed by atoms with Crippen molar-refractivity contribution in [3.8, 4) is 26.6 Å². The van der Waals surface area contributed by atoms with Crippen molar-refractivity contribution in [2.24, 2.45) is 0 Å². The van der Waals surface area contributed by atoms with E-state index in [0.717, 1.165) is 17.9 Å². The first-order valence-corrected chi connectivity index (χ1v) is 10.7. The Morgan fingerprint density at radius 3 is 2.07 bits per heavy atom. The molecule has 0 fully saturated rings. The van der Waals surface area contributed by atoms with E-state index in [-0.39, 0.29) is 0 Å². The Morgan fingerprint density at radius 1 is 0.741 bits per heavy atom. The summed E-state index contributed by atoms with van der Waals surface area (Å²) < 4.78 is 5.81. The van der Waals surface area contributed by atoms with Crippen LogP contribution < -0.4 is 4.74 Å². The van der Waals surface area contributed by atoms with E-state index < -0.39 is 0 Å². The zero-order valence-electron chi connectivity index (χ0n) is 16.3. The van der Waals surface area contributed by atoms with Crippen molar-refractivity contribution in [3.63, 3.8) is 0 Å². The number of ether oxygens (including phenoxy) is 1. The third-order valence-electron chi connectivity index (χ3n) is 4.52. The Labute approximate surface area is 167 Å². The largest absolute Gasteiger partial charge is 0.480 e. The molecule has 0 N–H and O–H groups in total. The third-order valence-corrected chi connectivity index (χ3v) is 5.57. The second-order valence-electron chi connectivity index (χ2n) is 6.71. The van der Waals surface area contributed by atoms with Gasteiger partial charge in [-0.1, -0.05) is 98.7 Å². The fourth-order valence-corrected chi connectivity index (χ4v) is 3.88. The van der Waals surface area contributed by atoms with Crippen LogP contribution in [0.15, 0.2) is 72.8 Å². The van der Waals surface area contributed by atoms with Gasteiger partial charge in [0.2, 0.25) is 0 Å². The van der Waals surface area contributed by atoms with Crippen LogP contribution in [0.4, 0.5) is 0 Å². The van der Waals surface area contributed by atoms with E-state index in [9.17, 15) is 0 Å². The summed E-state index contributed by atoms with van der Waals surface area (Å²) in [5.74, 6) is 0. The molecule has 1 aromatic heterocycles. The first-order valence-electron chi connectivity index (χ1n) is 9.87. The highest BCUT2D eigenvalue weighted by Gasteiger charge is 2.05. The van der Waals surface area contributed by atoms with Crippen molar-refractivity contribution in [1.29, 1.82) is 0 Å². The molecule has 0 unspecified atom stereocenters. The molecule has 3 aromatic rings. The Kier molecular flexibility index (Phi) is 7.29. The summed E-state index contributed by atoms with van der Waals surface area (Å²) in [5, 5.41) is 0.974. The molecule has 1 nitrogen and oxygen atoms in total. The minimum atomic E-state index is 0.646. The number of allylic oxidation sites excluding steroid dienone is 1. The van der Waals surface area contributed by atoms with Gasteiger partial charge in [-0.25, -0.2) is 0 Å². The van der Waals surface area contributed by atoms with Gasteiger partial charge in [-0.15, -0.1) is 0 Å². The second kappa shape index (κ2) is 10.1. The van der Waals surface area contributed by atoms with Gasteiger partial charge < -0.3 is 4.74 Å². The molecular weight excluding hydrogens is 348 g/mol. The van der Waals surface area contributed by atoms with Crippen molar-refractivity contribution in [3.05, 3.63) is 78.4 Å². The summed E-state index contributed by atoms with van der Waals surface area (Å²) in [6, 6.07) is 22.0. The van der Waals surface area contributed by atoms with Gasteiger partial charge in [-0.3, -0.25) is 0 Å². The SMILES string of the molecule is CCCC=CCOc1ccc(-c2ccc(-c3ccc(CCC)cc3)cc2)s1. The average Bonchev–Trinajstić information content (AvgIpc) is 3.18. The normalized spacial score (nSPS) is 11.2. The van der Waals surface area contributed by atoms with Gasteiger partial charge in [-0.2, -0.15) is 0 Å². The lowest BCUT2D eigenvalue weighted by molar-refractivity contribution is 0.373. The van der Waals surface area contributed by atoms with Gasteiger partial charge in [0.15, 0.2) is 5.06 Å². The van der Waals surface area contributed by atoms with Gasteiger partial charge in [-0.05, 0) is 47.2 Å². The van der Waals surface area contributed by atoms with Gasteiger partial charge in [0, 0.05) is 4.88 Å². The molecule has 0 saturated carbocycles. The van der Waals surface area contributed by atoms with Crippen molar-refractivity contribution in [2.45, 2.75) is 39.5 Å². The number of aryl methyl sites for hydroxylation is 1. The summed E-state index contributed by atoms with van der Waals surface area (Å²) in [5.41, 5.74) is 5.18. The lowest BCUT2D eigenvalue weighted by atomic mass is 10.0. The number of unbranched alkanes of at least 4 members (excludes halogenated alkanes) is 1. The van der Waals surface area contributed by atoms with E-state index in [1.165, 1.54) is 40.0 Å². The highest BCUT2D eigenvalue weighted by molar-refractivity contribution is 7.17. The molecule has 0 spiro atoms. The predicted octanol–water partition coefficient (Wildman–Crippen LogP) is 7.77. The van der Waals surface area contributed by atoms with Crippen LogP contribution in [0.5, 0.6) is 5.06 Å². The van der Waals surface area contributed by atoms with Crippen LogP contribution in [-0.4, -0.2) is 6.61 Å². The van der Waals surface area contributed by atoms with E-state index in [2.05, 4.69) is 86.7 Å². The van der Waals surface area contributed by atoms with E-state index in [4.69, 9.17) is 4.74 Å². The van der Waals surface area contributed by atoms with E-state index in [1.54, 1.807) is 11.3 Å². The lowest BCUT2D eigenvalue weighted by Gasteiger charge is -2.05. The molecule has 2 heteroatoms. The topological polar surface area (TPSA) is 9.23 Å². The standard InChI is InChI=1S/C25H28OS/c1-3-5-6-7-19-26-25-18-17-24(27-25)23-15-13-22(14-16-23)21-11-9-20(8-4-2)10-12-21/h6-7,9-18H,3-5,8,19H2,1-2H3. The van der Waals surface area contributed by atoms with Gasteiger partial charge in [0.05, 0.1) is 0 Å². The van der Waals surface area contributed by atoms with E-state index in [0.29, 0.717) is 6.61 Å². The van der Waals surface area contributed by atoms with Crippen LogP contribution in [0.3, 0.4) is 0 Å². The van der Waals surface area contributed by atoms with Crippen molar-refractivity contribution in [1.82, 2.24) is 0 Å². The minimum Gasteiger partial charge on any atom is -0.480 e. The van der Waals surface area contributed by atoms with Gasteiger partial charge in [0.25, 0.3) is 0 Å². The van der Waals surface area contributed by atoms with Crippen LogP contribution >= 0.6 is 11.3 Å². The quantitative estimate of drug-likeness (QED) is 0.347. The molecule has 1 heterocycles. The van der Waals surface area contributed by atoms with Crippen LogP contribution in [0.25, 0.3) is 21.6 Å². The van der Waals surface area contributed by atoms with Crippen molar-refractivity contribution in [2.75, 3.05) is 6.61 Å². The lowest BCUT2D eigenvalue weighted by Crippen LogP contribution is -1.90. The zero-order valence-corrected chi connectivity index (χ0v) is 17.1. The molecule has 0 saturated heterocycles. The van der Waals surface area contributed by atoms with Crippen LogP contribution in [0, 0.1) is 0 Å². The van der Waals surface area contributed by atoms with E-state index >= 15 is 0 Å². The number of hydrogen-bond acceptors (Lipinski definition) is 2. The molecule has 0 aliphatic rings. The number of rotatable bonds is 9. The fourth-order valence-electron chi connectivity index (χ4n) is 3.02. The molecule has 2 aromatic carbocycles. The summed E-state index contributed by atoms with van der Waals surface area (Å²) in [6.07, 6.45) is 8.92. The third kappa shape index (κ3) is 5.58. The maximum absolute atomic E-state index is 5.81. The molecule has 0 aliphatic carbocycles. The summed E-state index contributed by atoms with van der Waals surface area (Å²) in [6.45, 7) is 5.05. The second-order valence-corrected chi connectivity index (χ2v) is 7.76. The fraction of sp³-hybridized carbons (Fsp3) is 0.280. The van der Waals surface area contributed by atoms with E-state index in [1.807, 2.05) is 0 Å². The molecular formula is C25H28OS. The Hall–Kier alpha value is -2.32. The summed E-state index contributed by atoms with van der Waals surface area (Å²) in [7, 11) is 0. The maximum atomic E-state index is 5.81. The molecule has 0 amide bonds.